The summed E-state index contributed by atoms with van der Waals surface area (Å²) in [6, 6.07) is 6.70. The first kappa shape index (κ1) is 10.4. The Labute approximate surface area is 107 Å². The zero-order valence-electron chi connectivity index (χ0n) is 10.7. The maximum Gasteiger partial charge on any atom is 0.123 e. The molecule has 94 valence electrons. The minimum absolute atomic E-state index is 0.258. The first-order valence-corrected chi connectivity index (χ1v) is 6.74. The van der Waals surface area contributed by atoms with Gasteiger partial charge in [0.1, 0.15) is 5.75 Å². The van der Waals surface area contributed by atoms with Crippen LogP contribution in [0.25, 0.3) is 10.9 Å². The summed E-state index contributed by atoms with van der Waals surface area (Å²) < 4.78 is 5.97. The molecule has 0 amide bonds. The molecule has 0 aliphatic carbocycles. The average molecular weight is 242 g/mol. The Balaban J connectivity index is 1.89. The van der Waals surface area contributed by atoms with E-state index in [4.69, 9.17) is 4.74 Å². The van der Waals surface area contributed by atoms with Gasteiger partial charge in [-0.2, -0.15) is 0 Å². The predicted octanol–water partition coefficient (Wildman–Crippen LogP) is 2.49. The number of rotatable bonds is 0. The SMILES string of the molecule is Cc1cc2cc3c(cc2[nH]1)C1(CCNCC1)CO3. The molecule has 1 saturated heterocycles. The molecule has 0 saturated carbocycles. The lowest BCUT2D eigenvalue weighted by molar-refractivity contribution is 0.220. The van der Waals surface area contributed by atoms with E-state index in [1.54, 1.807) is 0 Å². The number of ether oxygens (including phenoxy) is 1. The number of H-pyrrole nitrogens is 1. The van der Waals surface area contributed by atoms with Crippen LogP contribution in [0, 0.1) is 6.92 Å². The lowest BCUT2D eigenvalue weighted by atomic mass is 9.75. The summed E-state index contributed by atoms with van der Waals surface area (Å²) in [7, 11) is 0. The molecule has 1 spiro atoms. The molecule has 3 heteroatoms. The van der Waals surface area contributed by atoms with Crippen molar-refractivity contribution in [2.45, 2.75) is 25.2 Å². The van der Waals surface area contributed by atoms with Crippen LogP contribution >= 0.6 is 0 Å². The molecule has 0 radical (unpaired) electrons. The van der Waals surface area contributed by atoms with E-state index in [1.807, 2.05) is 0 Å². The second-order valence-electron chi connectivity index (χ2n) is 5.71. The lowest BCUT2D eigenvalue weighted by Crippen LogP contribution is -2.40. The van der Waals surface area contributed by atoms with Gasteiger partial charge in [0.25, 0.3) is 0 Å². The molecule has 3 heterocycles. The Morgan fingerprint density at radius 2 is 2.00 bits per heavy atom. The second kappa shape index (κ2) is 3.51. The van der Waals surface area contributed by atoms with Crippen LogP contribution in [0.2, 0.25) is 0 Å². The summed E-state index contributed by atoms with van der Waals surface area (Å²) in [5, 5.41) is 4.71. The van der Waals surface area contributed by atoms with Crippen molar-refractivity contribution in [3.05, 3.63) is 29.5 Å². The van der Waals surface area contributed by atoms with Crippen LogP contribution < -0.4 is 10.1 Å². The summed E-state index contributed by atoms with van der Waals surface area (Å²) in [5.41, 5.74) is 4.13. The van der Waals surface area contributed by atoms with Gasteiger partial charge >= 0.3 is 0 Å². The molecule has 0 bridgehead atoms. The maximum absolute atomic E-state index is 5.97. The highest BCUT2D eigenvalue weighted by molar-refractivity contribution is 5.84. The van der Waals surface area contributed by atoms with Crippen molar-refractivity contribution in [2.24, 2.45) is 0 Å². The van der Waals surface area contributed by atoms with E-state index in [0.29, 0.717) is 0 Å². The van der Waals surface area contributed by atoms with Crippen LogP contribution in [-0.4, -0.2) is 24.7 Å². The Hall–Kier alpha value is -1.48. The highest BCUT2D eigenvalue weighted by Crippen LogP contribution is 2.45. The fourth-order valence-electron chi connectivity index (χ4n) is 3.45. The minimum atomic E-state index is 0.258. The summed E-state index contributed by atoms with van der Waals surface area (Å²) in [6.45, 7) is 5.16. The molecule has 1 aromatic heterocycles. The number of hydrogen-bond acceptors (Lipinski definition) is 2. The van der Waals surface area contributed by atoms with E-state index in [-0.39, 0.29) is 5.41 Å². The van der Waals surface area contributed by atoms with Gasteiger partial charge in [-0.15, -0.1) is 0 Å². The summed E-state index contributed by atoms with van der Waals surface area (Å²) in [4.78, 5) is 3.44. The van der Waals surface area contributed by atoms with Gasteiger partial charge in [-0.25, -0.2) is 0 Å². The van der Waals surface area contributed by atoms with Gasteiger partial charge in [0.15, 0.2) is 0 Å². The third-order valence-corrected chi connectivity index (χ3v) is 4.49. The van der Waals surface area contributed by atoms with E-state index in [9.17, 15) is 0 Å². The summed E-state index contributed by atoms with van der Waals surface area (Å²) in [6.07, 6.45) is 2.37. The van der Waals surface area contributed by atoms with Gasteiger partial charge in [-0.1, -0.05) is 0 Å². The number of hydrogen-bond donors (Lipinski definition) is 2. The molecule has 2 aliphatic heterocycles. The fraction of sp³-hybridized carbons (Fsp3) is 0.467. The number of aryl methyl sites for hydroxylation is 1. The predicted molar refractivity (Wildman–Crippen MR) is 72.3 cm³/mol. The van der Waals surface area contributed by atoms with Crippen LogP contribution in [0.4, 0.5) is 0 Å². The van der Waals surface area contributed by atoms with Gasteiger partial charge in [0, 0.05) is 27.6 Å². The molecule has 2 N–H and O–H groups in total. The molecule has 1 aromatic carbocycles. The lowest BCUT2D eigenvalue weighted by Gasteiger charge is -2.32. The molecule has 2 aromatic rings. The Morgan fingerprint density at radius 1 is 1.17 bits per heavy atom. The fourth-order valence-corrected chi connectivity index (χ4v) is 3.45. The quantitative estimate of drug-likeness (QED) is 0.744. The molecule has 0 unspecified atom stereocenters. The van der Waals surface area contributed by atoms with Crippen molar-refractivity contribution in [3.8, 4) is 5.75 Å². The third-order valence-electron chi connectivity index (χ3n) is 4.49. The van der Waals surface area contributed by atoms with E-state index < -0.39 is 0 Å². The zero-order chi connectivity index (χ0) is 12.2. The van der Waals surface area contributed by atoms with Crippen molar-refractivity contribution < 1.29 is 4.74 Å². The molecule has 18 heavy (non-hydrogen) atoms. The minimum Gasteiger partial charge on any atom is -0.492 e. The maximum atomic E-state index is 5.97. The van der Waals surface area contributed by atoms with Crippen molar-refractivity contribution in [1.29, 1.82) is 0 Å². The van der Waals surface area contributed by atoms with Crippen molar-refractivity contribution in [1.82, 2.24) is 10.3 Å². The number of benzene rings is 1. The third kappa shape index (κ3) is 1.34. The molecule has 2 aliphatic rings. The van der Waals surface area contributed by atoms with Gasteiger partial charge in [-0.3, -0.25) is 0 Å². The smallest absolute Gasteiger partial charge is 0.123 e. The highest BCUT2D eigenvalue weighted by Gasteiger charge is 2.41. The number of fused-ring (bicyclic) bond motifs is 3. The Kier molecular flexibility index (Phi) is 2.04. The zero-order valence-corrected chi connectivity index (χ0v) is 10.7. The van der Waals surface area contributed by atoms with Crippen LogP contribution in [0.3, 0.4) is 0 Å². The van der Waals surface area contributed by atoms with Gasteiger partial charge in [0.2, 0.25) is 0 Å². The molecular formula is C15H18N2O. The first-order chi connectivity index (χ1) is 8.77. The highest BCUT2D eigenvalue weighted by atomic mass is 16.5. The second-order valence-corrected chi connectivity index (χ2v) is 5.71. The monoisotopic (exact) mass is 242 g/mol. The summed E-state index contributed by atoms with van der Waals surface area (Å²) in [5.74, 6) is 1.10. The molecule has 4 rings (SSSR count). The van der Waals surface area contributed by atoms with Crippen LogP contribution in [0.15, 0.2) is 18.2 Å². The van der Waals surface area contributed by atoms with Crippen molar-refractivity contribution in [2.75, 3.05) is 19.7 Å². The standard InChI is InChI=1S/C15H18N2O/c1-10-6-11-7-14-12(8-13(11)17-10)15(9-18-14)2-4-16-5-3-15/h6-8,16-17H,2-5,9H2,1H3. The van der Waals surface area contributed by atoms with Crippen LogP contribution in [-0.2, 0) is 5.41 Å². The van der Waals surface area contributed by atoms with E-state index in [2.05, 4.69) is 35.4 Å². The molecule has 1 fully saturated rings. The molecular weight excluding hydrogens is 224 g/mol. The van der Waals surface area contributed by atoms with Crippen LogP contribution in [0.1, 0.15) is 24.1 Å². The van der Waals surface area contributed by atoms with Crippen molar-refractivity contribution >= 4 is 10.9 Å². The average Bonchev–Trinajstić information content (AvgIpc) is 2.89. The summed E-state index contributed by atoms with van der Waals surface area (Å²) >= 11 is 0. The molecule has 3 nitrogen and oxygen atoms in total. The normalized spacial score (nSPS) is 21.2. The Bertz CT molecular complexity index is 608. The first-order valence-electron chi connectivity index (χ1n) is 6.74. The van der Waals surface area contributed by atoms with Gasteiger partial charge < -0.3 is 15.0 Å². The van der Waals surface area contributed by atoms with E-state index >= 15 is 0 Å². The van der Waals surface area contributed by atoms with E-state index in [0.717, 1.165) is 25.4 Å². The number of aromatic amines is 1. The number of aromatic nitrogens is 1. The van der Waals surface area contributed by atoms with Crippen LogP contribution in [0.5, 0.6) is 5.75 Å². The van der Waals surface area contributed by atoms with Crippen molar-refractivity contribution in [3.63, 3.8) is 0 Å². The topological polar surface area (TPSA) is 37.0 Å². The number of nitrogens with one attached hydrogen (secondary N) is 2. The Morgan fingerprint density at radius 3 is 2.83 bits per heavy atom. The van der Waals surface area contributed by atoms with E-state index in [1.165, 1.54) is 35.0 Å². The molecule has 0 atom stereocenters. The van der Waals surface area contributed by atoms with Gasteiger partial charge in [0.05, 0.1) is 6.61 Å². The van der Waals surface area contributed by atoms with Gasteiger partial charge in [-0.05, 0) is 51.1 Å². The number of piperidine rings is 1. The largest absolute Gasteiger partial charge is 0.492 e.